The molecular formula is C32H37BrN4O4. The summed E-state index contributed by atoms with van der Waals surface area (Å²) in [6, 6.07) is 6.78. The summed E-state index contributed by atoms with van der Waals surface area (Å²) in [6.45, 7) is 23.3. The zero-order chi connectivity index (χ0) is 30.1. The van der Waals surface area contributed by atoms with Crippen molar-refractivity contribution in [2.75, 3.05) is 14.2 Å². The number of halogens is 1. The van der Waals surface area contributed by atoms with Gasteiger partial charge in [-0.25, -0.2) is 23.1 Å². The van der Waals surface area contributed by atoms with Crippen LogP contribution in [0.3, 0.4) is 0 Å². The molecule has 3 unspecified atom stereocenters. The Bertz CT molecular complexity index is 1420. The Morgan fingerprint density at radius 1 is 0.976 bits per heavy atom. The summed E-state index contributed by atoms with van der Waals surface area (Å²) < 4.78 is 11.2. The Kier molecular flexibility index (Phi) is 9.19. The maximum atomic E-state index is 12.8. The fraction of sp³-hybridized carbons (Fsp3) is 0.562. The number of fused-ring (bicyclic) bond motifs is 4. The lowest BCUT2D eigenvalue weighted by atomic mass is 9.58. The number of pyridine rings is 2. The highest BCUT2D eigenvalue weighted by atomic mass is 79.9. The normalized spacial score (nSPS) is 32.0. The summed E-state index contributed by atoms with van der Waals surface area (Å²) in [7, 11) is 3.16. The SMILES string of the molecule is [C-]#[N+]C12CC(C)[C@@H](C)[C@H](Cc3nc(OC)ccc31)C2=O.[C-]#[N+]C1C[C@@H](C)[C@H](C)[C@@H](Cc2nc(OC)ccc2Br)C1=O. The molecule has 216 valence electrons. The van der Waals surface area contributed by atoms with Gasteiger partial charge in [0.25, 0.3) is 6.04 Å². The van der Waals surface area contributed by atoms with Gasteiger partial charge in [-0.05, 0) is 51.7 Å². The molecule has 9 heteroatoms. The number of ketones is 2. The first-order chi connectivity index (χ1) is 19.5. The lowest BCUT2D eigenvalue weighted by Gasteiger charge is -2.42. The molecule has 2 bridgehead atoms. The van der Waals surface area contributed by atoms with E-state index in [-0.39, 0.29) is 29.3 Å². The van der Waals surface area contributed by atoms with Gasteiger partial charge in [0.1, 0.15) is 0 Å². The Balaban J connectivity index is 0.000000189. The van der Waals surface area contributed by atoms with Crippen LogP contribution in [-0.4, -0.2) is 41.8 Å². The van der Waals surface area contributed by atoms with Crippen molar-refractivity contribution in [2.24, 2.45) is 35.5 Å². The van der Waals surface area contributed by atoms with Gasteiger partial charge in [0.2, 0.25) is 23.3 Å². The number of ether oxygens (including phenoxy) is 2. The van der Waals surface area contributed by atoms with Crippen molar-refractivity contribution in [1.82, 2.24) is 9.97 Å². The number of methoxy groups -OCH3 is 2. The molecule has 0 aliphatic heterocycles. The first-order valence-corrected chi connectivity index (χ1v) is 14.9. The van der Waals surface area contributed by atoms with Crippen molar-refractivity contribution in [3.05, 3.63) is 68.5 Å². The van der Waals surface area contributed by atoms with E-state index in [0.29, 0.717) is 55.2 Å². The second-order valence-electron chi connectivity index (χ2n) is 11.7. The molecule has 0 amide bonds. The van der Waals surface area contributed by atoms with Crippen LogP contribution in [0.5, 0.6) is 11.8 Å². The third-order valence-electron chi connectivity index (χ3n) is 9.59. The minimum absolute atomic E-state index is 0.0621. The van der Waals surface area contributed by atoms with E-state index in [1.807, 2.05) is 12.1 Å². The summed E-state index contributed by atoms with van der Waals surface area (Å²) in [5.41, 5.74) is 1.47. The van der Waals surface area contributed by atoms with E-state index in [4.69, 9.17) is 22.6 Å². The number of hydrogen-bond donors (Lipinski definition) is 0. The molecule has 41 heavy (non-hydrogen) atoms. The van der Waals surface area contributed by atoms with Crippen molar-refractivity contribution >= 4 is 27.5 Å². The van der Waals surface area contributed by atoms with Crippen LogP contribution < -0.4 is 9.47 Å². The van der Waals surface area contributed by atoms with Crippen LogP contribution in [0.1, 0.15) is 57.5 Å². The molecule has 8 atom stereocenters. The zero-order valence-electron chi connectivity index (χ0n) is 24.5. The van der Waals surface area contributed by atoms with Crippen LogP contribution in [0.15, 0.2) is 28.7 Å². The van der Waals surface area contributed by atoms with Crippen LogP contribution >= 0.6 is 15.9 Å². The van der Waals surface area contributed by atoms with Gasteiger partial charge in [0.05, 0.1) is 31.2 Å². The standard InChI is InChI=1S/C16H19BrN2O2.C16H18N2O2/c1-9-7-14(18-3)16(20)11(10(9)2)8-13-12(17)5-6-15(19-13)21-4;1-9-8-16(17-3)12-5-6-14(20-4)18-13(12)7-11(10(9)2)15(16)19/h5-6,9-11,14H,7-8H2,1-2,4H3;5-6,9-11H,7-8H2,1-2,4H3/t9-,10+,11-,14?;9?,10-,11+,16?/m11/s1. The largest absolute Gasteiger partial charge is 0.481 e. The Morgan fingerprint density at radius 3 is 2.27 bits per heavy atom. The van der Waals surface area contributed by atoms with E-state index in [2.05, 4.69) is 63.3 Å². The second kappa shape index (κ2) is 12.3. The topological polar surface area (TPSA) is 87.1 Å². The molecule has 0 aromatic carbocycles. The Morgan fingerprint density at radius 2 is 1.63 bits per heavy atom. The van der Waals surface area contributed by atoms with Gasteiger partial charge < -0.3 is 14.3 Å². The fourth-order valence-corrected chi connectivity index (χ4v) is 7.01. The highest BCUT2D eigenvalue weighted by Crippen LogP contribution is 2.51. The van der Waals surface area contributed by atoms with Gasteiger partial charge in [-0.1, -0.05) is 27.7 Å². The highest BCUT2D eigenvalue weighted by molar-refractivity contribution is 9.10. The van der Waals surface area contributed by atoms with Gasteiger partial charge in [-0.15, -0.1) is 0 Å². The van der Waals surface area contributed by atoms with Gasteiger partial charge in [-0.3, -0.25) is 14.4 Å². The zero-order valence-corrected chi connectivity index (χ0v) is 26.1. The van der Waals surface area contributed by atoms with Crippen molar-refractivity contribution < 1.29 is 19.1 Å². The highest BCUT2D eigenvalue weighted by Gasteiger charge is 2.61. The first kappa shape index (κ1) is 30.7. The predicted molar refractivity (Wildman–Crippen MR) is 158 cm³/mol. The molecule has 2 saturated carbocycles. The average Bonchev–Trinajstić information content (AvgIpc) is 2.98. The van der Waals surface area contributed by atoms with Gasteiger partial charge in [-0.2, -0.15) is 0 Å². The van der Waals surface area contributed by atoms with Gasteiger partial charge in [0, 0.05) is 54.1 Å². The van der Waals surface area contributed by atoms with Crippen LogP contribution in [0.4, 0.5) is 0 Å². The molecule has 2 fully saturated rings. The summed E-state index contributed by atoms with van der Waals surface area (Å²) in [5, 5.41) is 0. The van der Waals surface area contributed by atoms with Crippen LogP contribution in [-0.2, 0) is 28.0 Å². The van der Waals surface area contributed by atoms with E-state index in [9.17, 15) is 9.59 Å². The Labute approximate surface area is 251 Å². The van der Waals surface area contributed by atoms with Gasteiger partial charge >= 0.3 is 5.54 Å². The monoisotopic (exact) mass is 620 g/mol. The third kappa shape index (κ3) is 5.62. The first-order valence-electron chi connectivity index (χ1n) is 14.1. The van der Waals surface area contributed by atoms with E-state index < -0.39 is 11.6 Å². The number of nitrogens with zero attached hydrogens (tertiary/aromatic N) is 4. The summed E-state index contributed by atoms with van der Waals surface area (Å²) in [5.74, 6) is 2.33. The molecule has 5 rings (SSSR count). The average molecular weight is 622 g/mol. The quantitative estimate of drug-likeness (QED) is 0.380. The molecule has 3 aliphatic carbocycles. The maximum Gasteiger partial charge on any atom is 0.316 e. The summed E-state index contributed by atoms with van der Waals surface area (Å²) >= 11 is 3.48. The van der Waals surface area contributed by atoms with E-state index >= 15 is 0 Å². The molecular weight excluding hydrogens is 584 g/mol. The molecule has 0 N–H and O–H groups in total. The predicted octanol–water partition coefficient (Wildman–Crippen LogP) is 6.17. The summed E-state index contributed by atoms with van der Waals surface area (Å²) in [4.78, 5) is 41.5. The number of carbonyl (C=O) groups excluding carboxylic acids is 2. The minimum Gasteiger partial charge on any atom is -0.481 e. The number of rotatable bonds is 4. The van der Waals surface area contributed by atoms with Crippen LogP contribution in [0.2, 0.25) is 0 Å². The third-order valence-corrected chi connectivity index (χ3v) is 10.3. The lowest BCUT2D eigenvalue weighted by molar-refractivity contribution is -0.134. The molecule has 2 aromatic rings. The van der Waals surface area contributed by atoms with Crippen molar-refractivity contribution in [3.8, 4) is 11.8 Å². The number of carbonyl (C=O) groups is 2. The number of aromatic nitrogens is 2. The van der Waals surface area contributed by atoms with E-state index in [1.54, 1.807) is 26.4 Å². The molecule has 8 nitrogen and oxygen atoms in total. The van der Waals surface area contributed by atoms with Crippen LogP contribution in [0.25, 0.3) is 9.69 Å². The van der Waals surface area contributed by atoms with E-state index in [1.165, 1.54) is 0 Å². The molecule has 2 heterocycles. The van der Waals surface area contributed by atoms with Crippen molar-refractivity contribution in [3.63, 3.8) is 0 Å². The molecule has 0 spiro atoms. The number of Topliss-reactive ketones (excluding diaryl/α,β-unsaturated/α-hetero) is 2. The molecule has 0 radical (unpaired) electrons. The van der Waals surface area contributed by atoms with Gasteiger partial charge in [0.15, 0.2) is 0 Å². The van der Waals surface area contributed by atoms with Crippen LogP contribution in [0, 0.1) is 48.7 Å². The molecule has 2 aromatic heterocycles. The number of hydrogen-bond acceptors (Lipinski definition) is 6. The molecule has 3 aliphatic rings. The molecule has 0 saturated heterocycles. The smallest absolute Gasteiger partial charge is 0.316 e. The second-order valence-corrected chi connectivity index (χ2v) is 12.6. The summed E-state index contributed by atoms with van der Waals surface area (Å²) in [6.07, 6.45) is 2.46. The van der Waals surface area contributed by atoms with Crippen molar-refractivity contribution in [2.45, 2.75) is 65.0 Å². The van der Waals surface area contributed by atoms with Crippen molar-refractivity contribution in [1.29, 1.82) is 0 Å². The van der Waals surface area contributed by atoms with E-state index in [0.717, 1.165) is 21.4 Å². The lowest BCUT2D eigenvalue weighted by Crippen LogP contribution is -2.52. The minimum atomic E-state index is -1.01. The Hall–Kier alpha value is -3.30. The maximum absolute atomic E-state index is 12.8. The fourth-order valence-electron chi connectivity index (χ4n) is 6.63.